The molecule has 142 valence electrons. The van der Waals surface area contributed by atoms with Crippen molar-refractivity contribution in [1.82, 2.24) is 24.2 Å². The molecular weight excluding hydrogens is 371 g/mol. The Kier molecular flexibility index (Phi) is 4.02. The average molecular weight is 386 g/mol. The summed E-state index contributed by atoms with van der Waals surface area (Å²) in [4.78, 5) is 12.6. The van der Waals surface area contributed by atoms with Crippen molar-refractivity contribution in [3.8, 4) is 11.4 Å². The van der Waals surface area contributed by atoms with E-state index in [-0.39, 0.29) is 18.1 Å². The van der Waals surface area contributed by atoms with E-state index in [1.165, 1.54) is 12.1 Å². The topological polar surface area (TPSA) is 76.6 Å². The van der Waals surface area contributed by atoms with Gasteiger partial charge in [-0.1, -0.05) is 6.07 Å². The molecule has 0 saturated heterocycles. The predicted octanol–water partition coefficient (Wildman–Crippen LogP) is 3.36. The van der Waals surface area contributed by atoms with Crippen LogP contribution in [0.5, 0.6) is 0 Å². The number of carbonyl (C=O) groups is 1. The second kappa shape index (κ2) is 6.83. The maximum atomic E-state index is 13.2. The van der Waals surface area contributed by atoms with Gasteiger partial charge in [-0.25, -0.2) is 8.91 Å². The Morgan fingerprint density at radius 3 is 2.76 bits per heavy atom. The first-order valence-electron chi connectivity index (χ1n) is 8.99. The van der Waals surface area contributed by atoms with E-state index >= 15 is 0 Å². The molecule has 0 radical (unpaired) electrons. The summed E-state index contributed by atoms with van der Waals surface area (Å²) in [6.45, 7) is 0. The molecule has 29 heavy (non-hydrogen) atoms. The molecule has 1 N–H and O–H groups in total. The Balaban J connectivity index is 1.41. The van der Waals surface area contributed by atoms with Crippen molar-refractivity contribution in [2.45, 2.75) is 6.42 Å². The van der Waals surface area contributed by atoms with Crippen LogP contribution >= 0.6 is 0 Å². The quantitative estimate of drug-likeness (QED) is 0.514. The van der Waals surface area contributed by atoms with Gasteiger partial charge in [-0.05, 0) is 48.5 Å². The number of halogens is 1. The van der Waals surface area contributed by atoms with Crippen molar-refractivity contribution in [2.75, 3.05) is 5.32 Å². The fourth-order valence-electron chi connectivity index (χ4n) is 3.26. The van der Waals surface area contributed by atoms with Crippen LogP contribution in [0.2, 0.25) is 0 Å². The fraction of sp³-hybridized carbons (Fsp3) is 0.0476. The van der Waals surface area contributed by atoms with Crippen LogP contribution < -0.4 is 5.32 Å². The summed E-state index contributed by atoms with van der Waals surface area (Å²) in [6, 6.07) is 15.3. The number of rotatable bonds is 4. The molecule has 4 heterocycles. The van der Waals surface area contributed by atoms with Gasteiger partial charge in [-0.3, -0.25) is 9.20 Å². The van der Waals surface area contributed by atoms with E-state index in [1.54, 1.807) is 45.6 Å². The van der Waals surface area contributed by atoms with E-state index in [2.05, 4.69) is 20.6 Å². The lowest BCUT2D eigenvalue weighted by Crippen LogP contribution is -2.14. The lowest BCUT2D eigenvalue weighted by molar-refractivity contribution is -0.115. The number of carbonyl (C=O) groups excluding carboxylic acids is 1. The lowest BCUT2D eigenvalue weighted by Gasteiger charge is -2.06. The van der Waals surface area contributed by atoms with Gasteiger partial charge in [-0.15, -0.1) is 10.2 Å². The highest BCUT2D eigenvalue weighted by atomic mass is 19.1. The molecule has 7 nitrogen and oxygen atoms in total. The number of hydrogen-bond donors (Lipinski definition) is 1. The van der Waals surface area contributed by atoms with E-state index in [4.69, 9.17) is 0 Å². The molecule has 5 aromatic rings. The van der Waals surface area contributed by atoms with Gasteiger partial charge in [0.1, 0.15) is 5.82 Å². The second-order valence-corrected chi connectivity index (χ2v) is 6.60. The average Bonchev–Trinajstić information content (AvgIpc) is 3.33. The van der Waals surface area contributed by atoms with Crippen molar-refractivity contribution in [3.63, 3.8) is 0 Å². The number of fused-ring (bicyclic) bond motifs is 2. The number of nitrogens with zero attached hydrogens (tertiary/aromatic N) is 5. The zero-order chi connectivity index (χ0) is 19.8. The number of amides is 1. The molecule has 0 aliphatic heterocycles. The minimum absolute atomic E-state index is 0.153. The summed E-state index contributed by atoms with van der Waals surface area (Å²) in [5.74, 6) is 0.0986. The molecule has 0 aliphatic carbocycles. The van der Waals surface area contributed by atoms with E-state index in [9.17, 15) is 9.18 Å². The van der Waals surface area contributed by atoms with E-state index in [0.29, 0.717) is 17.2 Å². The van der Waals surface area contributed by atoms with Crippen LogP contribution in [-0.2, 0) is 11.2 Å². The molecule has 5 rings (SSSR count). The second-order valence-electron chi connectivity index (χ2n) is 6.60. The standard InChI is InChI=1S/C21H15FN6O/c22-16-6-4-14(5-7-16)21-26-25-19-9-8-17(13-27(19)21)24-20(29)11-15-12-23-28-10-2-1-3-18(15)28/h1-10,12-13H,11H2,(H,24,29). The number of benzene rings is 1. The molecular formula is C21H15FN6O. The molecule has 0 fully saturated rings. The van der Waals surface area contributed by atoms with E-state index in [1.807, 2.05) is 24.4 Å². The summed E-state index contributed by atoms with van der Waals surface area (Å²) in [6.07, 6.45) is 5.50. The molecule has 0 bridgehead atoms. The summed E-state index contributed by atoms with van der Waals surface area (Å²) in [5.41, 5.74) is 3.72. The van der Waals surface area contributed by atoms with Crippen LogP contribution in [0.4, 0.5) is 10.1 Å². The SMILES string of the molecule is O=C(Cc1cnn2ccccc12)Nc1ccc2nnc(-c3ccc(F)cc3)n2c1. The predicted molar refractivity (Wildman–Crippen MR) is 106 cm³/mol. The monoisotopic (exact) mass is 386 g/mol. The summed E-state index contributed by atoms with van der Waals surface area (Å²) < 4.78 is 16.7. The van der Waals surface area contributed by atoms with Crippen LogP contribution in [0.3, 0.4) is 0 Å². The van der Waals surface area contributed by atoms with E-state index in [0.717, 1.165) is 16.6 Å². The number of aromatic nitrogens is 5. The molecule has 0 atom stereocenters. The van der Waals surface area contributed by atoms with Crippen LogP contribution in [0.25, 0.3) is 22.6 Å². The first-order chi connectivity index (χ1) is 14.2. The van der Waals surface area contributed by atoms with Crippen molar-refractivity contribution < 1.29 is 9.18 Å². The number of nitrogens with one attached hydrogen (secondary N) is 1. The molecule has 8 heteroatoms. The minimum atomic E-state index is -0.316. The lowest BCUT2D eigenvalue weighted by atomic mass is 10.2. The van der Waals surface area contributed by atoms with Gasteiger partial charge in [0.15, 0.2) is 11.5 Å². The van der Waals surface area contributed by atoms with Gasteiger partial charge < -0.3 is 5.32 Å². The molecule has 1 aromatic carbocycles. The maximum absolute atomic E-state index is 13.2. The van der Waals surface area contributed by atoms with Crippen LogP contribution in [0, 0.1) is 5.82 Å². The minimum Gasteiger partial charge on any atom is -0.324 e. The van der Waals surface area contributed by atoms with E-state index < -0.39 is 0 Å². The first-order valence-corrected chi connectivity index (χ1v) is 8.99. The van der Waals surface area contributed by atoms with Crippen molar-refractivity contribution in [3.05, 3.63) is 84.6 Å². The smallest absolute Gasteiger partial charge is 0.228 e. The van der Waals surface area contributed by atoms with Crippen molar-refractivity contribution in [2.24, 2.45) is 0 Å². The normalized spacial score (nSPS) is 11.2. The van der Waals surface area contributed by atoms with Gasteiger partial charge in [0.05, 0.1) is 23.8 Å². The van der Waals surface area contributed by atoms with Gasteiger partial charge in [0.2, 0.25) is 5.91 Å². The van der Waals surface area contributed by atoms with Crippen LogP contribution in [0.15, 0.2) is 73.2 Å². The molecule has 0 saturated carbocycles. The number of pyridine rings is 2. The molecule has 0 aliphatic rings. The largest absolute Gasteiger partial charge is 0.324 e. The fourth-order valence-corrected chi connectivity index (χ4v) is 3.26. The highest BCUT2D eigenvalue weighted by Crippen LogP contribution is 2.21. The zero-order valence-electron chi connectivity index (χ0n) is 15.2. The van der Waals surface area contributed by atoms with Gasteiger partial charge >= 0.3 is 0 Å². The van der Waals surface area contributed by atoms with Gasteiger partial charge in [0, 0.05) is 23.5 Å². The van der Waals surface area contributed by atoms with Crippen LogP contribution in [0.1, 0.15) is 5.56 Å². The number of anilines is 1. The summed E-state index contributed by atoms with van der Waals surface area (Å²) in [5, 5.41) is 15.5. The molecule has 4 aromatic heterocycles. The maximum Gasteiger partial charge on any atom is 0.228 e. The van der Waals surface area contributed by atoms with Gasteiger partial charge in [0.25, 0.3) is 0 Å². The summed E-state index contributed by atoms with van der Waals surface area (Å²) >= 11 is 0. The van der Waals surface area contributed by atoms with Crippen LogP contribution in [-0.4, -0.2) is 30.1 Å². The first kappa shape index (κ1) is 17.1. The van der Waals surface area contributed by atoms with Gasteiger partial charge in [-0.2, -0.15) is 5.10 Å². The highest BCUT2D eigenvalue weighted by Gasteiger charge is 2.12. The Morgan fingerprint density at radius 1 is 1.03 bits per heavy atom. The molecule has 0 unspecified atom stereocenters. The molecule has 1 amide bonds. The Bertz CT molecular complexity index is 1340. The third kappa shape index (κ3) is 3.20. The highest BCUT2D eigenvalue weighted by molar-refractivity contribution is 5.93. The third-order valence-electron chi connectivity index (χ3n) is 4.65. The van der Waals surface area contributed by atoms with Crippen molar-refractivity contribution >= 4 is 22.8 Å². The Labute approximate surface area is 164 Å². The zero-order valence-corrected chi connectivity index (χ0v) is 15.2. The summed E-state index contributed by atoms with van der Waals surface area (Å²) in [7, 11) is 0. The molecule has 0 spiro atoms. The van der Waals surface area contributed by atoms with Crippen molar-refractivity contribution in [1.29, 1.82) is 0 Å². The Morgan fingerprint density at radius 2 is 1.90 bits per heavy atom. The Hall–Kier alpha value is -4.07. The number of hydrogen-bond acceptors (Lipinski definition) is 4. The third-order valence-corrected chi connectivity index (χ3v) is 4.65.